The van der Waals surface area contributed by atoms with Gasteiger partial charge in [-0.15, -0.1) is 0 Å². The average molecular weight is 515 g/mol. The Morgan fingerprint density at radius 3 is 0.912 bits per heavy atom. The first kappa shape index (κ1) is 37.0. The van der Waals surface area contributed by atoms with Crippen molar-refractivity contribution in [3.63, 3.8) is 0 Å². The molecule has 0 spiro atoms. The fraction of sp³-hybridized carbons (Fsp3) is 1.00. The molecule has 0 saturated carbocycles. The van der Waals surface area contributed by atoms with Gasteiger partial charge in [-0.05, 0) is 25.7 Å². The molecule has 0 aliphatic carbocycles. The number of hydrogen-bond acceptors (Lipinski definition) is 3. The summed E-state index contributed by atoms with van der Waals surface area (Å²) in [7, 11) is -4.91. The Morgan fingerprint density at radius 1 is 0.500 bits per heavy atom. The molecular weight excluding hydrogens is 458 g/mol. The van der Waals surface area contributed by atoms with Crippen molar-refractivity contribution in [3.05, 3.63) is 0 Å². The SMILES string of the molecule is CCCCCCCCCCCCCCCCC(F)(CCCCCCCCCCC)S(=O)(=O)[O-].[Na+]. The fourth-order valence-electron chi connectivity index (χ4n) is 4.66. The fourth-order valence-corrected chi connectivity index (χ4v) is 5.45. The molecule has 0 bridgehead atoms. The van der Waals surface area contributed by atoms with Crippen molar-refractivity contribution < 1.29 is 46.9 Å². The van der Waals surface area contributed by atoms with Gasteiger partial charge in [0.25, 0.3) is 0 Å². The predicted molar refractivity (Wildman–Crippen MR) is 140 cm³/mol. The molecule has 1 unspecified atom stereocenters. The van der Waals surface area contributed by atoms with E-state index in [1.807, 2.05) is 0 Å². The van der Waals surface area contributed by atoms with Crippen molar-refractivity contribution in [1.82, 2.24) is 0 Å². The van der Waals surface area contributed by atoms with Gasteiger partial charge in [-0.3, -0.25) is 0 Å². The Morgan fingerprint density at radius 2 is 0.706 bits per heavy atom. The Bertz CT molecular complexity index is 516. The van der Waals surface area contributed by atoms with Gasteiger partial charge in [0.15, 0.2) is 5.00 Å². The van der Waals surface area contributed by atoms with Crippen molar-refractivity contribution in [1.29, 1.82) is 0 Å². The number of halogens is 1. The van der Waals surface area contributed by atoms with Gasteiger partial charge >= 0.3 is 29.6 Å². The quantitative estimate of drug-likeness (QED) is 0.0710. The van der Waals surface area contributed by atoms with Gasteiger partial charge in [0, 0.05) is 0 Å². The number of unbranched alkanes of at least 4 members (excludes halogenated alkanes) is 21. The second-order valence-electron chi connectivity index (χ2n) is 10.3. The van der Waals surface area contributed by atoms with E-state index in [1.165, 1.54) is 96.3 Å². The van der Waals surface area contributed by atoms with Gasteiger partial charge < -0.3 is 4.55 Å². The van der Waals surface area contributed by atoms with Gasteiger partial charge in [0.05, 0.1) is 0 Å². The van der Waals surface area contributed by atoms with Gasteiger partial charge in [-0.1, -0.05) is 149 Å². The van der Waals surface area contributed by atoms with Crippen LogP contribution in [0.4, 0.5) is 4.39 Å². The van der Waals surface area contributed by atoms with E-state index in [1.54, 1.807) is 0 Å². The zero-order valence-electron chi connectivity index (χ0n) is 23.2. The zero-order valence-corrected chi connectivity index (χ0v) is 26.0. The predicted octanol–water partition coefficient (Wildman–Crippen LogP) is 6.99. The molecule has 0 aromatic heterocycles. The summed E-state index contributed by atoms with van der Waals surface area (Å²) in [4.78, 5) is 0. The molecule has 1 atom stereocenters. The third-order valence-corrected chi connectivity index (χ3v) is 8.31. The average Bonchev–Trinajstić information content (AvgIpc) is 2.77. The maximum Gasteiger partial charge on any atom is 1.00 e. The molecule has 0 rings (SSSR count). The van der Waals surface area contributed by atoms with Crippen molar-refractivity contribution in [2.75, 3.05) is 0 Å². The van der Waals surface area contributed by atoms with Crippen LogP contribution in [0, 0.1) is 0 Å². The minimum absolute atomic E-state index is 0. The van der Waals surface area contributed by atoms with Crippen molar-refractivity contribution in [3.8, 4) is 0 Å². The Balaban J connectivity index is 0. The van der Waals surface area contributed by atoms with Crippen LogP contribution in [0.5, 0.6) is 0 Å². The van der Waals surface area contributed by atoms with E-state index in [4.69, 9.17) is 0 Å². The Labute approximate surface area is 235 Å². The minimum Gasteiger partial charge on any atom is -0.745 e. The molecule has 0 saturated heterocycles. The Hall–Kier alpha value is 0.840. The van der Waals surface area contributed by atoms with Gasteiger partial charge in [-0.2, -0.15) is 0 Å². The van der Waals surface area contributed by atoms with E-state index in [2.05, 4.69) is 13.8 Å². The first-order valence-corrected chi connectivity index (χ1v) is 15.9. The molecule has 0 amide bonds. The van der Waals surface area contributed by atoms with E-state index in [9.17, 15) is 17.4 Å². The molecule has 0 aromatic rings. The summed E-state index contributed by atoms with van der Waals surface area (Å²) < 4.78 is 49.6. The largest absolute Gasteiger partial charge is 1.00 e. The smallest absolute Gasteiger partial charge is 0.745 e. The van der Waals surface area contributed by atoms with Crippen molar-refractivity contribution in [2.45, 2.75) is 179 Å². The van der Waals surface area contributed by atoms with E-state index < -0.39 is 15.1 Å². The van der Waals surface area contributed by atoms with Crippen LogP contribution in [0.15, 0.2) is 0 Å². The van der Waals surface area contributed by atoms with Crippen molar-refractivity contribution in [2.24, 2.45) is 0 Å². The summed E-state index contributed by atoms with van der Waals surface area (Å²) in [5, 5.41) is -2.56. The number of hydrogen-bond donors (Lipinski definition) is 0. The van der Waals surface area contributed by atoms with Crippen LogP contribution in [0.3, 0.4) is 0 Å². The molecule has 6 heteroatoms. The monoisotopic (exact) mass is 514 g/mol. The molecule has 0 heterocycles. The topological polar surface area (TPSA) is 57.2 Å². The molecule has 0 aliphatic rings. The van der Waals surface area contributed by atoms with Crippen LogP contribution in [-0.2, 0) is 10.1 Å². The maximum absolute atomic E-state index is 15.0. The van der Waals surface area contributed by atoms with Crippen LogP contribution in [0.1, 0.15) is 174 Å². The summed E-state index contributed by atoms with van der Waals surface area (Å²) in [5.41, 5.74) is 0. The minimum atomic E-state index is -4.91. The molecule has 0 fully saturated rings. The summed E-state index contributed by atoms with van der Waals surface area (Å²) in [6, 6.07) is 0. The third kappa shape index (κ3) is 22.1. The summed E-state index contributed by atoms with van der Waals surface area (Å²) in [5.74, 6) is 0. The van der Waals surface area contributed by atoms with E-state index in [-0.39, 0.29) is 42.4 Å². The Kier molecular flexibility index (Phi) is 27.7. The maximum atomic E-state index is 15.0. The molecule has 0 radical (unpaired) electrons. The summed E-state index contributed by atoms with van der Waals surface area (Å²) in [6.07, 6.45) is 26.1. The van der Waals surface area contributed by atoms with Crippen LogP contribution in [0.2, 0.25) is 0 Å². The van der Waals surface area contributed by atoms with Crippen LogP contribution >= 0.6 is 0 Å². The molecule has 0 aromatic carbocycles. The van der Waals surface area contributed by atoms with Gasteiger partial charge in [-0.25, -0.2) is 12.8 Å². The van der Waals surface area contributed by atoms with Crippen LogP contribution in [0.25, 0.3) is 0 Å². The zero-order chi connectivity index (χ0) is 24.7. The summed E-state index contributed by atoms with van der Waals surface area (Å²) >= 11 is 0. The van der Waals surface area contributed by atoms with Crippen molar-refractivity contribution >= 4 is 10.1 Å². The van der Waals surface area contributed by atoms with Gasteiger partial charge in [0.1, 0.15) is 10.1 Å². The summed E-state index contributed by atoms with van der Waals surface area (Å²) in [6.45, 7) is 4.45. The first-order chi connectivity index (χ1) is 15.9. The molecule has 34 heavy (non-hydrogen) atoms. The second kappa shape index (κ2) is 25.5. The number of alkyl halides is 1. The molecule has 0 aliphatic heterocycles. The second-order valence-corrected chi connectivity index (χ2v) is 11.9. The van der Waals surface area contributed by atoms with Crippen LogP contribution < -0.4 is 29.6 Å². The molecule has 0 N–H and O–H groups in total. The third-order valence-electron chi connectivity index (χ3n) is 7.01. The molecule has 3 nitrogen and oxygen atoms in total. The molecular formula is C28H56FNaO3S. The number of rotatable bonds is 26. The van der Waals surface area contributed by atoms with E-state index in [0.29, 0.717) is 12.8 Å². The van der Waals surface area contributed by atoms with Crippen LogP contribution in [-0.4, -0.2) is 18.0 Å². The van der Waals surface area contributed by atoms with E-state index in [0.717, 1.165) is 38.5 Å². The first-order valence-electron chi connectivity index (χ1n) is 14.5. The molecule has 200 valence electrons. The standard InChI is InChI=1S/C28H57FO3S.Na/c1-3-5-7-9-11-13-14-15-16-17-19-21-23-25-27-28(29,33(30,31)32)26-24-22-20-18-12-10-8-6-4-2;/h3-27H2,1-2H3,(H,30,31,32);/q;+1/p-1. The van der Waals surface area contributed by atoms with E-state index >= 15 is 0 Å². The van der Waals surface area contributed by atoms with Gasteiger partial charge in [0.2, 0.25) is 0 Å². The normalized spacial score (nSPS) is 13.5.